The lowest BCUT2D eigenvalue weighted by Crippen LogP contribution is -2.30. The summed E-state index contributed by atoms with van der Waals surface area (Å²) in [5, 5.41) is 7.21. The number of aryl methyl sites for hydroxylation is 2. The number of H-pyrrole nitrogens is 1. The van der Waals surface area contributed by atoms with E-state index in [-0.39, 0.29) is 11.9 Å². The normalized spacial score (nSPS) is 18.0. The first-order valence-electron chi connectivity index (χ1n) is 8.41. The van der Waals surface area contributed by atoms with Crippen LogP contribution in [-0.2, 0) is 0 Å². The summed E-state index contributed by atoms with van der Waals surface area (Å²) in [6, 6.07) is 8.58. The lowest BCUT2D eigenvalue weighted by atomic mass is 9.99. The maximum Gasteiger partial charge on any atom is 0.274 e. The van der Waals surface area contributed by atoms with Crippen LogP contribution >= 0.6 is 0 Å². The van der Waals surface area contributed by atoms with Crippen molar-refractivity contribution < 1.29 is 4.79 Å². The number of aromatic nitrogens is 2. The highest BCUT2D eigenvalue weighted by Gasteiger charge is 2.31. The number of rotatable bonds is 3. The fourth-order valence-corrected chi connectivity index (χ4v) is 3.22. The number of likely N-dealkylation sites (tertiary alicyclic amines) is 1. The molecule has 1 fully saturated rings. The SMILES string of the molecule is Cc1ccc(C2CCCN2C(=O)c2cc(C(C)C)[nH]n2)cc1C. The van der Waals surface area contributed by atoms with Crippen molar-refractivity contribution >= 4 is 5.91 Å². The van der Waals surface area contributed by atoms with E-state index < -0.39 is 0 Å². The van der Waals surface area contributed by atoms with Crippen LogP contribution in [0.4, 0.5) is 0 Å². The quantitative estimate of drug-likeness (QED) is 0.926. The summed E-state index contributed by atoms with van der Waals surface area (Å²) in [5.74, 6) is 0.382. The molecule has 122 valence electrons. The minimum atomic E-state index is 0.0360. The van der Waals surface area contributed by atoms with Crippen LogP contribution in [-0.4, -0.2) is 27.5 Å². The van der Waals surface area contributed by atoms with Crippen LogP contribution in [0.3, 0.4) is 0 Å². The lowest BCUT2D eigenvalue weighted by Gasteiger charge is -2.25. The molecule has 0 spiro atoms. The van der Waals surface area contributed by atoms with Gasteiger partial charge in [-0.15, -0.1) is 0 Å². The van der Waals surface area contributed by atoms with Crippen LogP contribution in [0.15, 0.2) is 24.3 Å². The van der Waals surface area contributed by atoms with E-state index in [1.807, 2.05) is 11.0 Å². The molecule has 2 heterocycles. The largest absolute Gasteiger partial charge is 0.330 e. The van der Waals surface area contributed by atoms with Crippen molar-refractivity contribution in [2.45, 2.75) is 52.5 Å². The van der Waals surface area contributed by atoms with Crippen LogP contribution in [0.25, 0.3) is 0 Å². The summed E-state index contributed by atoms with van der Waals surface area (Å²) in [7, 11) is 0. The van der Waals surface area contributed by atoms with Gasteiger partial charge in [-0.25, -0.2) is 0 Å². The van der Waals surface area contributed by atoms with E-state index in [1.54, 1.807) is 0 Å². The minimum absolute atomic E-state index is 0.0360. The Morgan fingerprint density at radius 2 is 2.04 bits per heavy atom. The van der Waals surface area contributed by atoms with E-state index >= 15 is 0 Å². The number of carbonyl (C=O) groups is 1. The number of hydrogen-bond acceptors (Lipinski definition) is 2. The van der Waals surface area contributed by atoms with Crippen LogP contribution in [0, 0.1) is 13.8 Å². The maximum absolute atomic E-state index is 12.9. The predicted octanol–water partition coefficient (Wildman–Crippen LogP) is 4.13. The van der Waals surface area contributed by atoms with E-state index in [9.17, 15) is 4.79 Å². The number of nitrogens with one attached hydrogen (secondary N) is 1. The molecule has 2 aromatic rings. The molecule has 1 aliphatic heterocycles. The van der Waals surface area contributed by atoms with Crippen molar-refractivity contribution in [1.29, 1.82) is 0 Å². The molecule has 4 heteroatoms. The van der Waals surface area contributed by atoms with Crippen LogP contribution in [0.2, 0.25) is 0 Å². The first kappa shape index (κ1) is 15.8. The van der Waals surface area contributed by atoms with Crippen molar-refractivity contribution in [3.8, 4) is 0 Å². The number of aromatic amines is 1. The fraction of sp³-hybridized carbons (Fsp3) is 0.474. The Hall–Kier alpha value is -2.10. The Kier molecular flexibility index (Phi) is 4.24. The molecule has 0 radical (unpaired) electrons. The zero-order chi connectivity index (χ0) is 16.6. The molecule has 1 atom stereocenters. The van der Waals surface area contributed by atoms with E-state index in [4.69, 9.17) is 0 Å². The van der Waals surface area contributed by atoms with Gasteiger partial charge in [-0.3, -0.25) is 9.89 Å². The molecule has 4 nitrogen and oxygen atoms in total. The third-order valence-electron chi connectivity index (χ3n) is 4.87. The van der Waals surface area contributed by atoms with Crippen LogP contribution < -0.4 is 0 Å². The highest BCUT2D eigenvalue weighted by atomic mass is 16.2. The summed E-state index contributed by atoms with van der Waals surface area (Å²) in [6.07, 6.45) is 2.07. The standard InChI is InChI=1S/C19H25N3O/c1-12(2)16-11-17(21-20-16)19(23)22-9-5-6-18(22)15-8-7-13(3)14(4)10-15/h7-8,10-12,18H,5-6,9H2,1-4H3,(H,20,21). The zero-order valence-corrected chi connectivity index (χ0v) is 14.4. The van der Waals surface area contributed by atoms with E-state index in [2.05, 4.69) is 56.1 Å². The van der Waals surface area contributed by atoms with Crippen molar-refractivity contribution in [2.75, 3.05) is 6.54 Å². The average molecular weight is 311 g/mol. The van der Waals surface area contributed by atoms with E-state index in [0.29, 0.717) is 11.6 Å². The molecule has 0 bridgehead atoms. The predicted molar refractivity (Wildman–Crippen MR) is 91.6 cm³/mol. The second kappa shape index (κ2) is 6.19. The maximum atomic E-state index is 12.9. The van der Waals surface area contributed by atoms with Gasteiger partial charge in [-0.1, -0.05) is 32.0 Å². The zero-order valence-electron chi connectivity index (χ0n) is 14.4. The van der Waals surface area contributed by atoms with Gasteiger partial charge in [0.2, 0.25) is 0 Å². The van der Waals surface area contributed by atoms with Gasteiger partial charge in [-0.2, -0.15) is 5.10 Å². The Morgan fingerprint density at radius 3 is 2.70 bits per heavy atom. The number of amides is 1. The molecule has 3 rings (SSSR count). The summed E-state index contributed by atoms with van der Waals surface area (Å²) >= 11 is 0. The van der Waals surface area contributed by atoms with Crippen LogP contribution in [0.1, 0.15) is 71.5 Å². The second-order valence-electron chi connectivity index (χ2n) is 6.86. The molecule has 23 heavy (non-hydrogen) atoms. The molecule has 1 unspecified atom stereocenters. The van der Waals surface area contributed by atoms with Crippen molar-refractivity contribution in [1.82, 2.24) is 15.1 Å². The molecule has 0 saturated carbocycles. The Morgan fingerprint density at radius 1 is 1.26 bits per heavy atom. The minimum Gasteiger partial charge on any atom is -0.330 e. The van der Waals surface area contributed by atoms with Crippen molar-refractivity contribution in [2.24, 2.45) is 0 Å². The molecular formula is C19H25N3O. The second-order valence-corrected chi connectivity index (χ2v) is 6.86. The molecular weight excluding hydrogens is 286 g/mol. The van der Waals surface area contributed by atoms with Gasteiger partial charge in [0.15, 0.2) is 0 Å². The number of hydrogen-bond donors (Lipinski definition) is 1. The monoisotopic (exact) mass is 311 g/mol. The van der Waals surface area contributed by atoms with Crippen molar-refractivity contribution in [3.63, 3.8) is 0 Å². The summed E-state index contributed by atoms with van der Waals surface area (Å²) < 4.78 is 0. The van der Waals surface area contributed by atoms with Gasteiger partial charge in [0.1, 0.15) is 5.69 Å². The van der Waals surface area contributed by atoms with Gasteiger partial charge < -0.3 is 4.90 Å². The number of benzene rings is 1. The third-order valence-corrected chi connectivity index (χ3v) is 4.87. The highest BCUT2D eigenvalue weighted by molar-refractivity contribution is 5.93. The molecule has 1 N–H and O–H groups in total. The average Bonchev–Trinajstić information content (AvgIpc) is 3.18. The Balaban J connectivity index is 1.85. The van der Waals surface area contributed by atoms with Gasteiger partial charge in [0.25, 0.3) is 5.91 Å². The molecule has 1 aromatic heterocycles. The van der Waals surface area contributed by atoms with Crippen molar-refractivity contribution in [3.05, 3.63) is 52.3 Å². The number of carbonyl (C=O) groups excluding carboxylic acids is 1. The van der Waals surface area contributed by atoms with Gasteiger partial charge in [0.05, 0.1) is 6.04 Å². The topological polar surface area (TPSA) is 49.0 Å². The fourth-order valence-electron chi connectivity index (χ4n) is 3.22. The third kappa shape index (κ3) is 3.03. The van der Waals surface area contributed by atoms with E-state index in [1.165, 1.54) is 16.7 Å². The molecule has 1 saturated heterocycles. The van der Waals surface area contributed by atoms with Gasteiger partial charge in [0, 0.05) is 12.2 Å². The van der Waals surface area contributed by atoms with Gasteiger partial charge in [-0.05, 0) is 55.4 Å². The number of nitrogens with zero attached hydrogens (tertiary/aromatic N) is 2. The molecule has 1 amide bonds. The smallest absolute Gasteiger partial charge is 0.274 e. The summed E-state index contributed by atoms with van der Waals surface area (Å²) in [6.45, 7) is 9.24. The molecule has 1 aliphatic rings. The summed E-state index contributed by atoms with van der Waals surface area (Å²) in [4.78, 5) is 14.8. The molecule has 1 aromatic carbocycles. The Labute approximate surface area is 137 Å². The lowest BCUT2D eigenvalue weighted by molar-refractivity contribution is 0.0729. The van der Waals surface area contributed by atoms with Gasteiger partial charge >= 0.3 is 0 Å². The summed E-state index contributed by atoms with van der Waals surface area (Å²) in [5.41, 5.74) is 5.35. The first-order chi connectivity index (χ1) is 11.0. The van der Waals surface area contributed by atoms with Crippen LogP contribution in [0.5, 0.6) is 0 Å². The molecule has 0 aliphatic carbocycles. The highest BCUT2D eigenvalue weighted by Crippen LogP contribution is 2.33. The Bertz CT molecular complexity index is 717. The first-order valence-corrected chi connectivity index (χ1v) is 8.41. The van der Waals surface area contributed by atoms with E-state index in [0.717, 1.165) is 25.1 Å².